The van der Waals surface area contributed by atoms with Crippen molar-refractivity contribution in [3.63, 3.8) is 0 Å². The third-order valence-corrected chi connectivity index (χ3v) is 1.60. The van der Waals surface area contributed by atoms with Crippen LogP contribution in [0.15, 0.2) is 0 Å². The highest BCUT2D eigenvalue weighted by molar-refractivity contribution is 7.19. The van der Waals surface area contributed by atoms with E-state index in [0.717, 1.165) is 0 Å². The number of halogens is 1. The van der Waals surface area contributed by atoms with Crippen molar-refractivity contribution in [1.29, 1.82) is 0 Å². The van der Waals surface area contributed by atoms with E-state index in [2.05, 4.69) is 0 Å². The standard InChI is InChI=1S/C6H13FNOP/c1-3-8(4-2)6(9)5(7)10/h5H,3-4,10H2,1-2H3. The molecular formula is C6H13FNOP. The van der Waals surface area contributed by atoms with Crippen molar-refractivity contribution in [3.05, 3.63) is 0 Å². The summed E-state index contributed by atoms with van der Waals surface area (Å²) < 4.78 is 12.3. The number of nitrogens with zero attached hydrogens (tertiary/aromatic N) is 1. The van der Waals surface area contributed by atoms with Gasteiger partial charge in [-0.25, -0.2) is 4.39 Å². The van der Waals surface area contributed by atoms with E-state index in [1.807, 2.05) is 23.1 Å². The molecule has 0 fully saturated rings. The lowest BCUT2D eigenvalue weighted by Crippen LogP contribution is -2.34. The number of hydrogen-bond acceptors (Lipinski definition) is 1. The summed E-state index contributed by atoms with van der Waals surface area (Å²) in [6.07, 6.45) is 0. The number of rotatable bonds is 3. The van der Waals surface area contributed by atoms with Crippen molar-refractivity contribution in [2.45, 2.75) is 19.8 Å². The van der Waals surface area contributed by atoms with Gasteiger partial charge < -0.3 is 4.90 Å². The smallest absolute Gasteiger partial charge is 0.260 e. The Morgan fingerprint density at radius 2 is 2.00 bits per heavy atom. The fourth-order valence-electron chi connectivity index (χ4n) is 0.710. The van der Waals surface area contributed by atoms with Crippen LogP contribution in [-0.4, -0.2) is 29.8 Å². The third-order valence-electron chi connectivity index (χ3n) is 1.31. The van der Waals surface area contributed by atoms with Crippen LogP contribution in [0.3, 0.4) is 0 Å². The summed E-state index contributed by atoms with van der Waals surface area (Å²) in [6.45, 7) is 4.80. The number of carbonyl (C=O) groups is 1. The van der Waals surface area contributed by atoms with Gasteiger partial charge in [0, 0.05) is 13.1 Å². The molecule has 4 heteroatoms. The van der Waals surface area contributed by atoms with Gasteiger partial charge in [0.25, 0.3) is 5.91 Å². The molecule has 0 radical (unpaired) electrons. The van der Waals surface area contributed by atoms with Crippen molar-refractivity contribution in [3.8, 4) is 0 Å². The van der Waals surface area contributed by atoms with E-state index in [4.69, 9.17) is 0 Å². The fourth-order valence-corrected chi connectivity index (χ4v) is 0.921. The minimum absolute atomic E-state index is 0.449. The van der Waals surface area contributed by atoms with Crippen molar-refractivity contribution in [2.24, 2.45) is 0 Å². The van der Waals surface area contributed by atoms with Gasteiger partial charge in [0.1, 0.15) is 0 Å². The lowest BCUT2D eigenvalue weighted by molar-refractivity contribution is -0.133. The number of hydrogen-bond donors (Lipinski definition) is 0. The summed E-state index contributed by atoms with van der Waals surface area (Å²) in [5.41, 5.74) is 0. The third kappa shape index (κ3) is 2.61. The number of amides is 1. The van der Waals surface area contributed by atoms with Gasteiger partial charge in [-0.05, 0) is 13.8 Å². The number of alkyl halides is 1. The molecule has 0 saturated heterocycles. The van der Waals surface area contributed by atoms with Crippen LogP contribution in [0, 0.1) is 0 Å². The quantitative estimate of drug-likeness (QED) is 0.572. The zero-order valence-corrected chi connectivity index (χ0v) is 7.46. The molecular weight excluding hydrogens is 152 g/mol. The monoisotopic (exact) mass is 165 g/mol. The fraction of sp³-hybridized carbons (Fsp3) is 0.833. The van der Waals surface area contributed by atoms with Crippen molar-refractivity contribution in [1.82, 2.24) is 4.90 Å². The summed E-state index contributed by atoms with van der Waals surface area (Å²) in [6, 6.07) is 0. The van der Waals surface area contributed by atoms with Gasteiger partial charge in [0.2, 0.25) is 0 Å². The van der Waals surface area contributed by atoms with E-state index < -0.39 is 11.8 Å². The molecule has 0 aliphatic heterocycles. The molecule has 0 saturated carbocycles. The highest BCUT2D eigenvalue weighted by Gasteiger charge is 2.16. The molecule has 2 unspecified atom stereocenters. The second-order valence-electron chi connectivity index (χ2n) is 1.91. The predicted molar refractivity (Wildman–Crippen MR) is 42.5 cm³/mol. The molecule has 0 aromatic carbocycles. The summed E-state index contributed by atoms with van der Waals surface area (Å²) >= 11 is 0. The van der Waals surface area contributed by atoms with Gasteiger partial charge in [-0.3, -0.25) is 4.79 Å². The SMILES string of the molecule is CCN(CC)C(=O)C(F)P. The summed E-state index contributed by atoms with van der Waals surface area (Å²) in [5.74, 6) is -1.89. The molecule has 0 heterocycles. The van der Waals surface area contributed by atoms with Crippen LogP contribution in [0.1, 0.15) is 13.8 Å². The topological polar surface area (TPSA) is 20.3 Å². The molecule has 0 aromatic heterocycles. The van der Waals surface area contributed by atoms with E-state index >= 15 is 0 Å². The van der Waals surface area contributed by atoms with E-state index in [-0.39, 0.29) is 0 Å². The van der Waals surface area contributed by atoms with Crippen LogP contribution in [0.5, 0.6) is 0 Å². The number of carbonyl (C=O) groups excluding carboxylic acids is 1. The summed E-state index contributed by atoms with van der Waals surface area (Å²) in [5, 5.41) is 0. The molecule has 0 bridgehead atoms. The van der Waals surface area contributed by atoms with Crippen molar-refractivity contribution < 1.29 is 9.18 Å². The Hall–Kier alpha value is -0.170. The van der Waals surface area contributed by atoms with Crippen molar-refractivity contribution >= 4 is 15.1 Å². The van der Waals surface area contributed by atoms with Gasteiger partial charge in [-0.1, -0.05) is 9.24 Å². The largest absolute Gasteiger partial charge is 0.340 e. The first-order valence-corrected chi connectivity index (χ1v) is 3.98. The Bertz CT molecular complexity index is 114. The lowest BCUT2D eigenvalue weighted by Gasteiger charge is -2.18. The predicted octanol–water partition coefficient (Wildman–Crippen LogP) is 1.03. The Kier molecular flexibility index (Phi) is 4.54. The zero-order valence-electron chi connectivity index (χ0n) is 6.30. The summed E-state index contributed by atoms with van der Waals surface area (Å²) in [7, 11) is 1.84. The van der Waals surface area contributed by atoms with Gasteiger partial charge in [0.15, 0.2) is 5.91 Å². The average molecular weight is 165 g/mol. The Labute approximate surface area is 63.0 Å². The maximum atomic E-state index is 12.3. The van der Waals surface area contributed by atoms with E-state index in [1.165, 1.54) is 4.90 Å². The first kappa shape index (κ1) is 9.83. The van der Waals surface area contributed by atoms with Gasteiger partial charge in [-0.2, -0.15) is 0 Å². The van der Waals surface area contributed by atoms with Crippen LogP contribution in [0.25, 0.3) is 0 Å². The molecule has 0 aliphatic carbocycles. The molecule has 2 nitrogen and oxygen atoms in total. The molecule has 0 rings (SSSR count). The molecule has 60 valence electrons. The molecule has 0 aromatic rings. The van der Waals surface area contributed by atoms with Crippen LogP contribution in [-0.2, 0) is 4.79 Å². The molecule has 0 aliphatic rings. The minimum atomic E-state index is -1.44. The van der Waals surface area contributed by atoms with Gasteiger partial charge in [0.05, 0.1) is 0 Å². The Morgan fingerprint density at radius 3 is 2.10 bits per heavy atom. The second kappa shape index (κ2) is 4.62. The highest BCUT2D eigenvalue weighted by Crippen LogP contribution is 2.05. The Balaban J connectivity index is 3.89. The van der Waals surface area contributed by atoms with E-state index in [1.54, 1.807) is 0 Å². The summed E-state index contributed by atoms with van der Waals surface area (Å²) in [4.78, 5) is 12.3. The van der Waals surface area contributed by atoms with E-state index in [9.17, 15) is 9.18 Å². The maximum Gasteiger partial charge on any atom is 0.260 e. The average Bonchev–Trinajstić information content (AvgIpc) is 1.90. The second-order valence-corrected chi connectivity index (χ2v) is 2.50. The molecule has 1 amide bonds. The molecule has 0 N–H and O–H groups in total. The zero-order chi connectivity index (χ0) is 8.15. The van der Waals surface area contributed by atoms with Crippen LogP contribution < -0.4 is 0 Å². The van der Waals surface area contributed by atoms with Crippen LogP contribution >= 0.6 is 9.24 Å². The first-order valence-electron chi connectivity index (χ1n) is 3.31. The van der Waals surface area contributed by atoms with Crippen molar-refractivity contribution in [2.75, 3.05) is 13.1 Å². The first-order chi connectivity index (χ1) is 4.63. The molecule has 2 atom stereocenters. The highest BCUT2D eigenvalue weighted by atomic mass is 31.0. The minimum Gasteiger partial charge on any atom is -0.340 e. The van der Waals surface area contributed by atoms with Gasteiger partial charge >= 0.3 is 0 Å². The van der Waals surface area contributed by atoms with Crippen LogP contribution in [0.4, 0.5) is 4.39 Å². The molecule has 0 spiro atoms. The molecule has 10 heavy (non-hydrogen) atoms. The van der Waals surface area contributed by atoms with Gasteiger partial charge in [-0.15, -0.1) is 0 Å². The Morgan fingerprint density at radius 1 is 1.60 bits per heavy atom. The normalized spacial score (nSPS) is 12.8. The lowest BCUT2D eigenvalue weighted by atomic mass is 10.5. The maximum absolute atomic E-state index is 12.3. The van der Waals surface area contributed by atoms with Crippen LogP contribution in [0.2, 0.25) is 0 Å². The van der Waals surface area contributed by atoms with E-state index in [0.29, 0.717) is 13.1 Å².